The smallest absolute Gasteiger partial charge is 0.358 e. The summed E-state index contributed by atoms with van der Waals surface area (Å²) < 4.78 is 1.65. The maximum atomic E-state index is 10.7. The highest BCUT2D eigenvalue weighted by atomic mass is 32.1. The zero-order chi connectivity index (χ0) is 13.4. The predicted octanol–water partition coefficient (Wildman–Crippen LogP) is 1.40. The number of hydrogen-bond acceptors (Lipinski definition) is 5. The molecule has 0 aromatic carbocycles. The molecular formula is C12H14N4O2S. The molecule has 1 N–H and O–H groups in total. The van der Waals surface area contributed by atoms with Crippen LogP contribution in [0.4, 0.5) is 0 Å². The van der Waals surface area contributed by atoms with Crippen molar-refractivity contribution in [3.8, 4) is 0 Å². The molecule has 100 valence electrons. The normalized spacial score (nSPS) is 16.5. The van der Waals surface area contributed by atoms with Crippen molar-refractivity contribution < 1.29 is 9.90 Å². The molecule has 19 heavy (non-hydrogen) atoms. The fourth-order valence-corrected chi connectivity index (χ4v) is 3.12. The lowest BCUT2D eigenvalue weighted by Gasteiger charge is -2.38. The van der Waals surface area contributed by atoms with Crippen LogP contribution in [0.1, 0.15) is 26.3 Å². The molecular weight excluding hydrogens is 264 g/mol. The first-order valence-electron chi connectivity index (χ1n) is 6.04. The quantitative estimate of drug-likeness (QED) is 0.915. The van der Waals surface area contributed by atoms with Gasteiger partial charge in [-0.15, -0.1) is 16.4 Å². The number of hydrogen-bond donors (Lipinski definition) is 1. The Morgan fingerprint density at radius 1 is 1.53 bits per heavy atom. The minimum absolute atomic E-state index is 0.00679. The van der Waals surface area contributed by atoms with Crippen molar-refractivity contribution in [1.82, 2.24) is 19.9 Å². The number of carbonyl (C=O) groups is 1. The van der Waals surface area contributed by atoms with Crippen molar-refractivity contribution >= 4 is 17.3 Å². The van der Waals surface area contributed by atoms with Crippen molar-refractivity contribution in [3.05, 3.63) is 33.8 Å². The van der Waals surface area contributed by atoms with E-state index in [0.717, 1.165) is 19.6 Å². The average molecular weight is 278 g/mol. The van der Waals surface area contributed by atoms with Gasteiger partial charge in [0.15, 0.2) is 5.69 Å². The standard InChI is InChI=1S/C12H14N4O2S/c1-8-2-3-10(19-8)6-15-4-9(5-15)16-7-11(12(17)18)13-14-16/h2-3,7,9H,4-6H2,1H3,(H,17,18). The number of aromatic nitrogens is 3. The summed E-state index contributed by atoms with van der Waals surface area (Å²) in [6.45, 7) is 4.84. The van der Waals surface area contributed by atoms with Crippen molar-refractivity contribution in [2.24, 2.45) is 0 Å². The predicted molar refractivity (Wildman–Crippen MR) is 70.4 cm³/mol. The van der Waals surface area contributed by atoms with Crippen LogP contribution in [-0.2, 0) is 6.54 Å². The van der Waals surface area contributed by atoms with Crippen molar-refractivity contribution in [3.63, 3.8) is 0 Å². The van der Waals surface area contributed by atoms with Crippen LogP contribution in [0.3, 0.4) is 0 Å². The van der Waals surface area contributed by atoms with Gasteiger partial charge in [0.2, 0.25) is 0 Å². The molecule has 0 spiro atoms. The molecule has 0 bridgehead atoms. The number of carboxylic acids is 1. The van der Waals surface area contributed by atoms with Gasteiger partial charge in [-0.2, -0.15) is 0 Å². The van der Waals surface area contributed by atoms with Crippen molar-refractivity contribution in [1.29, 1.82) is 0 Å². The van der Waals surface area contributed by atoms with Crippen LogP contribution in [-0.4, -0.2) is 44.1 Å². The van der Waals surface area contributed by atoms with Gasteiger partial charge in [0.05, 0.1) is 12.2 Å². The second kappa shape index (κ2) is 4.75. The largest absolute Gasteiger partial charge is 0.476 e. The summed E-state index contributed by atoms with van der Waals surface area (Å²) in [5.41, 5.74) is 0.00679. The maximum absolute atomic E-state index is 10.7. The van der Waals surface area contributed by atoms with Crippen molar-refractivity contribution in [2.75, 3.05) is 13.1 Å². The number of nitrogens with zero attached hydrogens (tertiary/aromatic N) is 4. The Hall–Kier alpha value is -1.73. The first-order chi connectivity index (χ1) is 9.11. The monoisotopic (exact) mass is 278 g/mol. The van der Waals surface area contributed by atoms with Crippen LogP contribution in [0, 0.1) is 6.92 Å². The summed E-state index contributed by atoms with van der Waals surface area (Å²) in [6, 6.07) is 4.53. The number of aromatic carboxylic acids is 1. The zero-order valence-electron chi connectivity index (χ0n) is 10.5. The number of aryl methyl sites for hydroxylation is 1. The molecule has 1 aliphatic heterocycles. The van der Waals surface area contributed by atoms with Gasteiger partial charge >= 0.3 is 5.97 Å². The summed E-state index contributed by atoms with van der Waals surface area (Å²) in [7, 11) is 0. The summed E-state index contributed by atoms with van der Waals surface area (Å²) in [5.74, 6) is -1.03. The van der Waals surface area contributed by atoms with Gasteiger partial charge in [-0.25, -0.2) is 9.48 Å². The summed E-state index contributed by atoms with van der Waals surface area (Å²) in [5, 5.41) is 16.3. The molecule has 0 aliphatic carbocycles. The Morgan fingerprint density at radius 3 is 2.89 bits per heavy atom. The first-order valence-corrected chi connectivity index (χ1v) is 6.86. The molecule has 6 nitrogen and oxygen atoms in total. The van der Waals surface area contributed by atoms with E-state index in [2.05, 4.69) is 34.3 Å². The van der Waals surface area contributed by atoms with Crippen LogP contribution < -0.4 is 0 Å². The fourth-order valence-electron chi connectivity index (χ4n) is 2.18. The Bertz CT molecular complexity index is 600. The number of likely N-dealkylation sites (tertiary alicyclic amines) is 1. The molecule has 3 rings (SSSR count). The van der Waals surface area contributed by atoms with Gasteiger partial charge in [0, 0.05) is 29.4 Å². The lowest BCUT2D eigenvalue weighted by atomic mass is 10.1. The topological polar surface area (TPSA) is 71.2 Å². The number of rotatable bonds is 4. The minimum atomic E-state index is -1.03. The van der Waals surface area contributed by atoms with E-state index in [9.17, 15) is 4.79 Å². The maximum Gasteiger partial charge on any atom is 0.358 e. The van der Waals surface area contributed by atoms with Crippen LogP contribution >= 0.6 is 11.3 Å². The van der Waals surface area contributed by atoms with E-state index in [4.69, 9.17) is 5.11 Å². The Kier molecular flexibility index (Phi) is 3.08. The molecule has 0 saturated carbocycles. The molecule has 1 aliphatic rings. The van der Waals surface area contributed by atoms with Gasteiger partial charge in [-0.05, 0) is 19.1 Å². The van der Waals surface area contributed by atoms with Gasteiger partial charge in [-0.3, -0.25) is 4.90 Å². The average Bonchev–Trinajstić information content (AvgIpc) is 2.91. The molecule has 0 radical (unpaired) electrons. The van der Waals surface area contributed by atoms with Crippen molar-refractivity contribution in [2.45, 2.75) is 19.5 Å². The second-order valence-electron chi connectivity index (χ2n) is 4.75. The van der Waals surface area contributed by atoms with E-state index in [1.165, 1.54) is 16.0 Å². The molecule has 1 fully saturated rings. The molecule has 3 heterocycles. The van der Waals surface area contributed by atoms with E-state index in [1.807, 2.05) is 11.3 Å². The molecule has 7 heteroatoms. The van der Waals surface area contributed by atoms with E-state index < -0.39 is 5.97 Å². The van der Waals surface area contributed by atoms with Crippen LogP contribution in [0.5, 0.6) is 0 Å². The third-order valence-corrected chi connectivity index (χ3v) is 4.20. The molecule has 0 amide bonds. The van der Waals surface area contributed by atoms with Gasteiger partial charge in [0.25, 0.3) is 0 Å². The number of carboxylic acid groups (broad SMARTS) is 1. The van der Waals surface area contributed by atoms with Gasteiger partial charge in [0.1, 0.15) is 0 Å². The Morgan fingerprint density at radius 2 is 2.32 bits per heavy atom. The highest BCUT2D eigenvalue weighted by Crippen LogP contribution is 2.25. The Balaban J connectivity index is 1.55. The Labute approximate surface area is 114 Å². The van der Waals surface area contributed by atoms with E-state index in [-0.39, 0.29) is 11.7 Å². The zero-order valence-corrected chi connectivity index (χ0v) is 11.3. The first kappa shape index (κ1) is 12.3. The van der Waals surface area contributed by atoms with Crippen LogP contribution in [0.25, 0.3) is 0 Å². The third kappa shape index (κ3) is 2.52. The molecule has 2 aromatic heterocycles. The molecule has 1 saturated heterocycles. The summed E-state index contributed by atoms with van der Waals surface area (Å²) in [4.78, 5) is 15.7. The highest BCUT2D eigenvalue weighted by molar-refractivity contribution is 7.11. The highest BCUT2D eigenvalue weighted by Gasteiger charge is 2.29. The number of thiophene rings is 1. The molecule has 0 atom stereocenters. The minimum Gasteiger partial charge on any atom is -0.476 e. The van der Waals surface area contributed by atoms with E-state index >= 15 is 0 Å². The summed E-state index contributed by atoms with van der Waals surface area (Å²) >= 11 is 1.82. The lowest BCUT2D eigenvalue weighted by Crippen LogP contribution is -2.47. The van der Waals surface area contributed by atoms with Gasteiger partial charge < -0.3 is 5.11 Å². The molecule has 2 aromatic rings. The van der Waals surface area contributed by atoms with E-state index in [0.29, 0.717) is 0 Å². The second-order valence-corrected chi connectivity index (χ2v) is 6.12. The van der Waals surface area contributed by atoms with Crippen LogP contribution in [0.15, 0.2) is 18.3 Å². The third-order valence-electron chi connectivity index (χ3n) is 3.22. The SMILES string of the molecule is Cc1ccc(CN2CC(n3cc(C(=O)O)nn3)C2)s1. The lowest BCUT2D eigenvalue weighted by molar-refractivity contribution is 0.0690. The summed E-state index contributed by atoms with van der Waals surface area (Å²) in [6.07, 6.45) is 1.50. The van der Waals surface area contributed by atoms with E-state index in [1.54, 1.807) is 4.68 Å². The van der Waals surface area contributed by atoms with Crippen LogP contribution in [0.2, 0.25) is 0 Å². The fraction of sp³-hybridized carbons (Fsp3) is 0.417. The van der Waals surface area contributed by atoms with Gasteiger partial charge in [-0.1, -0.05) is 5.21 Å². The molecule has 0 unspecified atom stereocenters.